The van der Waals surface area contributed by atoms with Gasteiger partial charge < -0.3 is 19.8 Å². The Bertz CT molecular complexity index is 963. The molecule has 1 aliphatic rings. The minimum absolute atomic E-state index is 0.0860. The quantitative estimate of drug-likeness (QED) is 0.587. The van der Waals surface area contributed by atoms with E-state index in [1.165, 1.54) is 0 Å². The molecular weight excluding hydrogens is 374 g/mol. The number of nitrogens with zero attached hydrogens (tertiary/aromatic N) is 1. The van der Waals surface area contributed by atoms with Gasteiger partial charge in [0.1, 0.15) is 0 Å². The van der Waals surface area contributed by atoms with Crippen LogP contribution in [0.3, 0.4) is 0 Å². The van der Waals surface area contributed by atoms with Gasteiger partial charge in [0.25, 0.3) is 0 Å². The molecule has 28 heavy (non-hydrogen) atoms. The summed E-state index contributed by atoms with van der Waals surface area (Å²) in [5.41, 5.74) is 4.60. The van der Waals surface area contributed by atoms with Crippen LogP contribution in [0.2, 0.25) is 0 Å². The van der Waals surface area contributed by atoms with Crippen molar-refractivity contribution in [1.82, 2.24) is 9.97 Å². The topological polar surface area (TPSA) is 76.2 Å². The summed E-state index contributed by atoms with van der Waals surface area (Å²) in [5, 5.41) is 4.64. The van der Waals surface area contributed by atoms with E-state index in [2.05, 4.69) is 21.4 Å². The molecule has 0 unspecified atom stereocenters. The number of fused-ring (bicyclic) bond motifs is 1. The normalized spacial score (nSPS) is 19.8. The van der Waals surface area contributed by atoms with Gasteiger partial charge in [0, 0.05) is 36.5 Å². The highest BCUT2D eigenvalue weighted by Gasteiger charge is 2.22. The average molecular weight is 400 g/mol. The molecule has 0 radical (unpaired) electrons. The van der Waals surface area contributed by atoms with E-state index in [4.69, 9.17) is 9.47 Å². The highest BCUT2D eigenvalue weighted by Crippen LogP contribution is 2.31. The lowest BCUT2D eigenvalue weighted by Gasteiger charge is -2.30. The first-order valence-corrected chi connectivity index (χ1v) is 10.5. The summed E-state index contributed by atoms with van der Waals surface area (Å²) in [5.74, 6) is 0. The first kappa shape index (κ1) is 19.1. The van der Waals surface area contributed by atoms with Gasteiger partial charge >= 0.3 is 0 Å². The molecule has 2 aromatic heterocycles. The average Bonchev–Trinajstić information content (AvgIpc) is 3.24. The summed E-state index contributed by atoms with van der Waals surface area (Å²) in [7, 11) is 1.69. The molecule has 0 bridgehead atoms. The van der Waals surface area contributed by atoms with Gasteiger partial charge in [-0.2, -0.15) is 0 Å². The molecule has 7 heteroatoms. The van der Waals surface area contributed by atoms with E-state index in [-0.39, 0.29) is 5.56 Å². The van der Waals surface area contributed by atoms with Crippen LogP contribution < -0.4 is 10.9 Å². The van der Waals surface area contributed by atoms with E-state index < -0.39 is 0 Å². The molecule has 1 fully saturated rings. The number of aromatic nitrogens is 2. The second-order valence-corrected chi connectivity index (χ2v) is 8.04. The second-order valence-electron chi connectivity index (χ2n) is 7.15. The highest BCUT2D eigenvalue weighted by atomic mass is 32.1. The second kappa shape index (κ2) is 8.86. The standard InChI is InChI=1S/C21H25N3O3S/c1-26-8-9-27-16-5-3-15(4-6-16)23-19-11-21(25)24-18-7-2-14(10-17(18)19)20-12-22-13-28-20/h2,7,10-13,15-16H,3-6,8-9H2,1H3,(H2,23,24,25)/t15-,16+. The van der Waals surface area contributed by atoms with Crippen molar-refractivity contribution < 1.29 is 9.47 Å². The summed E-state index contributed by atoms with van der Waals surface area (Å²) in [6.45, 7) is 1.29. The summed E-state index contributed by atoms with van der Waals surface area (Å²) >= 11 is 1.61. The van der Waals surface area contributed by atoms with Gasteiger partial charge in [-0.05, 0) is 43.4 Å². The number of nitrogens with one attached hydrogen (secondary N) is 2. The Morgan fingerprint density at radius 2 is 2.07 bits per heavy atom. The zero-order valence-electron chi connectivity index (χ0n) is 15.9. The minimum Gasteiger partial charge on any atom is -0.382 e. The smallest absolute Gasteiger partial charge is 0.250 e. The van der Waals surface area contributed by atoms with E-state index in [1.54, 1.807) is 24.5 Å². The Balaban J connectivity index is 1.50. The molecule has 1 aliphatic carbocycles. The van der Waals surface area contributed by atoms with Crippen LogP contribution in [-0.4, -0.2) is 42.4 Å². The number of hydrogen-bond acceptors (Lipinski definition) is 6. The van der Waals surface area contributed by atoms with Crippen LogP contribution in [-0.2, 0) is 9.47 Å². The van der Waals surface area contributed by atoms with E-state index >= 15 is 0 Å². The molecule has 148 valence electrons. The Morgan fingerprint density at radius 3 is 2.82 bits per heavy atom. The van der Waals surface area contributed by atoms with Crippen molar-refractivity contribution >= 4 is 27.9 Å². The predicted molar refractivity (Wildman–Crippen MR) is 113 cm³/mol. The van der Waals surface area contributed by atoms with Crippen LogP contribution >= 0.6 is 11.3 Å². The van der Waals surface area contributed by atoms with E-state index in [0.717, 1.165) is 52.7 Å². The number of H-pyrrole nitrogens is 1. The fourth-order valence-corrected chi connectivity index (χ4v) is 4.40. The first-order chi connectivity index (χ1) is 13.7. The maximum absolute atomic E-state index is 12.1. The Morgan fingerprint density at radius 1 is 1.21 bits per heavy atom. The lowest BCUT2D eigenvalue weighted by Crippen LogP contribution is -2.30. The number of hydrogen-bond donors (Lipinski definition) is 2. The number of aromatic amines is 1. The van der Waals surface area contributed by atoms with Crippen molar-refractivity contribution in [2.45, 2.75) is 37.8 Å². The largest absolute Gasteiger partial charge is 0.382 e. The molecule has 0 saturated heterocycles. The number of benzene rings is 1. The molecule has 2 heterocycles. The molecule has 6 nitrogen and oxygen atoms in total. The van der Waals surface area contributed by atoms with Crippen molar-refractivity contribution in [3.63, 3.8) is 0 Å². The third kappa shape index (κ3) is 4.43. The van der Waals surface area contributed by atoms with E-state index in [9.17, 15) is 4.79 Å². The number of rotatable bonds is 7. The van der Waals surface area contributed by atoms with E-state index in [1.807, 2.05) is 23.8 Å². The summed E-state index contributed by atoms with van der Waals surface area (Å²) in [6, 6.07) is 8.13. The lowest BCUT2D eigenvalue weighted by molar-refractivity contribution is -0.00154. The molecule has 4 rings (SSSR count). The van der Waals surface area contributed by atoms with Crippen molar-refractivity contribution in [2.75, 3.05) is 25.6 Å². The summed E-state index contributed by atoms with van der Waals surface area (Å²) in [6.07, 6.45) is 6.28. The fourth-order valence-electron chi connectivity index (χ4n) is 3.78. The molecule has 0 amide bonds. The summed E-state index contributed by atoms with van der Waals surface area (Å²) < 4.78 is 10.9. The molecule has 1 aromatic carbocycles. The monoisotopic (exact) mass is 399 g/mol. The van der Waals surface area contributed by atoms with Crippen LogP contribution in [0.25, 0.3) is 21.3 Å². The van der Waals surface area contributed by atoms with Gasteiger partial charge in [-0.15, -0.1) is 11.3 Å². The number of ether oxygens (including phenoxy) is 2. The number of anilines is 1. The van der Waals surface area contributed by atoms with Gasteiger partial charge in [0.05, 0.1) is 35.2 Å². The Labute approximate surface area is 167 Å². The maximum Gasteiger partial charge on any atom is 0.250 e. The van der Waals surface area contributed by atoms with Gasteiger partial charge in [-0.3, -0.25) is 9.78 Å². The zero-order valence-corrected chi connectivity index (χ0v) is 16.8. The lowest BCUT2D eigenvalue weighted by atomic mass is 9.92. The molecular formula is C21H25N3O3S. The van der Waals surface area contributed by atoms with Gasteiger partial charge in [0.2, 0.25) is 5.56 Å². The van der Waals surface area contributed by atoms with Crippen LogP contribution in [0.5, 0.6) is 0 Å². The van der Waals surface area contributed by atoms with Crippen molar-refractivity contribution in [3.8, 4) is 10.4 Å². The molecule has 0 spiro atoms. The van der Waals surface area contributed by atoms with Crippen LogP contribution in [0, 0.1) is 0 Å². The highest BCUT2D eigenvalue weighted by molar-refractivity contribution is 7.13. The Hall–Kier alpha value is -2.22. The molecule has 3 aromatic rings. The number of thiazole rings is 1. The predicted octanol–water partition coefficient (Wildman–Crippen LogP) is 4.04. The molecule has 0 aliphatic heterocycles. The third-order valence-corrected chi connectivity index (χ3v) is 6.06. The van der Waals surface area contributed by atoms with Crippen LogP contribution in [0.1, 0.15) is 25.7 Å². The number of pyridine rings is 1. The molecule has 2 N–H and O–H groups in total. The number of methoxy groups -OCH3 is 1. The van der Waals surface area contributed by atoms with Gasteiger partial charge in [0.15, 0.2) is 0 Å². The van der Waals surface area contributed by atoms with Crippen LogP contribution in [0.15, 0.2) is 40.8 Å². The van der Waals surface area contributed by atoms with Crippen LogP contribution in [0.4, 0.5) is 5.69 Å². The van der Waals surface area contributed by atoms with Crippen molar-refractivity contribution in [2.24, 2.45) is 0 Å². The SMILES string of the molecule is COCCO[C@H]1CC[C@@H](Nc2cc(=O)[nH]c3ccc(-c4cncs4)cc23)CC1. The van der Waals surface area contributed by atoms with Crippen molar-refractivity contribution in [1.29, 1.82) is 0 Å². The minimum atomic E-state index is -0.0860. The Kier molecular flexibility index (Phi) is 6.04. The summed E-state index contributed by atoms with van der Waals surface area (Å²) in [4.78, 5) is 20.3. The first-order valence-electron chi connectivity index (χ1n) is 9.66. The fraction of sp³-hybridized carbons (Fsp3) is 0.429. The zero-order chi connectivity index (χ0) is 19.3. The van der Waals surface area contributed by atoms with E-state index in [0.29, 0.717) is 25.4 Å². The van der Waals surface area contributed by atoms with Gasteiger partial charge in [-0.25, -0.2) is 0 Å². The van der Waals surface area contributed by atoms with Crippen molar-refractivity contribution in [3.05, 3.63) is 46.3 Å². The molecule has 1 saturated carbocycles. The molecule has 0 atom stereocenters. The van der Waals surface area contributed by atoms with Gasteiger partial charge in [-0.1, -0.05) is 6.07 Å². The maximum atomic E-state index is 12.1. The third-order valence-electron chi connectivity index (χ3n) is 5.23.